The lowest BCUT2D eigenvalue weighted by Crippen LogP contribution is -2.59. The predicted molar refractivity (Wildman–Crippen MR) is 89.9 cm³/mol. The highest BCUT2D eigenvalue weighted by Crippen LogP contribution is 2.29. The first-order valence-corrected chi connectivity index (χ1v) is 9.03. The van der Waals surface area contributed by atoms with E-state index in [0.717, 1.165) is 6.92 Å². The number of esters is 3. The van der Waals surface area contributed by atoms with Crippen molar-refractivity contribution in [2.45, 2.75) is 76.4 Å². The molecule has 3 N–H and O–H groups in total. The summed E-state index contributed by atoms with van der Waals surface area (Å²) in [4.78, 5) is 34.2. The van der Waals surface area contributed by atoms with Gasteiger partial charge in [-0.3, -0.25) is 14.4 Å². The zero-order chi connectivity index (χ0) is 21.7. The van der Waals surface area contributed by atoms with Gasteiger partial charge in [0, 0.05) is 27.2 Å². The third-order valence-electron chi connectivity index (χ3n) is 4.31. The first-order valence-electron chi connectivity index (χ1n) is 9.03. The third kappa shape index (κ3) is 6.59. The molecule has 0 aromatic carbocycles. The number of hydrogen-bond donors (Lipinski definition) is 3. The molecule has 29 heavy (non-hydrogen) atoms. The number of rotatable bonds is 6. The smallest absolute Gasteiger partial charge is 0.303 e. The lowest BCUT2D eigenvalue weighted by atomic mass is 10.00. The number of carbonyl (C=O) groups excluding carboxylic acids is 3. The molecule has 2 aliphatic rings. The second-order valence-corrected chi connectivity index (χ2v) is 6.75. The summed E-state index contributed by atoms with van der Waals surface area (Å²) in [6, 6.07) is 0. The molecule has 0 aromatic heterocycles. The van der Waals surface area contributed by atoms with Crippen molar-refractivity contribution in [3.05, 3.63) is 0 Å². The van der Waals surface area contributed by atoms with Crippen molar-refractivity contribution in [3.8, 4) is 0 Å². The van der Waals surface area contributed by atoms with E-state index in [2.05, 4.69) is 0 Å². The van der Waals surface area contributed by atoms with E-state index in [1.807, 2.05) is 0 Å². The van der Waals surface area contributed by atoms with Crippen LogP contribution in [0.5, 0.6) is 0 Å². The Balaban J connectivity index is 2.19. The van der Waals surface area contributed by atoms with Crippen molar-refractivity contribution in [1.29, 1.82) is 0 Å². The van der Waals surface area contributed by atoms with Gasteiger partial charge in [-0.05, 0) is 0 Å². The van der Waals surface area contributed by atoms with Gasteiger partial charge < -0.3 is 43.7 Å². The van der Waals surface area contributed by atoms with Crippen LogP contribution in [-0.4, -0.2) is 95.6 Å². The summed E-state index contributed by atoms with van der Waals surface area (Å²) >= 11 is 0. The average Bonchev–Trinajstić information content (AvgIpc) is 2.61. The van der Waals surface area contributed by atoms with Crippen LogP contribution in [0.4, 0.5) is 0 Å². The standard InChI is InChI=1S/C17H26O12/c1-7(18)24-6-12-16(27-9(3)20)11(26-8(2)19)4-13(28-12)29-15-10(21)5-25-17(23)14(15)22/h10-17,21-23H,4-6H2,1-3H3/t10-,11-,12-,13+,14+,15-,16-,17-/m1/s1. The van der Waals surface area contributed by atoms with E-state index in [1.165, 1.54) is 13.8 Å². The lowest BCUT2D eigenvalue weighted by Gasteiger charge is -2.43. The molecule has 0 aromatic rings. The maximum atomic E-state index is 11.5. The molecule has 0 radical (unpaired) electrons. The highest BCUT2D eigenvalue weighted by molar-refractivity contribution is 5.67. The monoisotopic (exact) mass is 422 g/mol. The Morgan fingerprint density at radius 3 is 2.21 bits per heavy atom. The summed E-state index contributed by atoms with van der Waals surface area (Å²) < 4.78 is 31.4. The average molecular weight is 422 g/mol. The summed E-state index contributed by atoms with van der Waals surface area (Å²) in [5, 5.41) is 29.7. The fourth-order valence-corrected chi connectivity index (χ4v) is 3.11. The zero-order valence-electron chi connectivity index (χ0n) is 16.3. The van der Waals surface area contributed by atoms with E-state index in [4.69, 9.17) is 28.4 Å². The SMILES string of the molecule is CC(=O)OC[C@H]1O[C@@H](O[C@H]2[C@H](O)[C@H](O)OC[C@H]2O)C[C@@H](OC(C)=O)[C@H]1OC(C)=O. The molecule has 0 amide bonds. The summed E-state index contributed by atoms with van der Waals surface area (Å²) in [5.41, 5.74) is 0. The molecule has 2 rings (SSSR count). The van der Waals surface area contributed by atoms with Gasteiger partial charge >= 0.3 is 17.9 Å². The van der Waals surface area contributed by atoms with Gasteiger partial charge in [-0.15, -0.1) is 0 Å². The first-order chi connectivity index (χ1) is 13.6. The highest BCUT2D eigenvalue weighted by atomic mass is 16.7. The maximum absolute atomic E-state index is 11.5. The summed E-state index contributed by atoms with van der Waals surface area (Å²) in [6.07, 6.45) is -10.0. The Morgan fingerprint density at radius 2 is 1.62 bits per heavy atom. The molecule has 0 aliphatic carbocycles. The van der Waals surface area contributed by atoms with Gasteiger partial charge in [0.25, 0.3) is 0 Å². The normalized spacial score (nSPS) is 37.4. The Labute approximate surface area is 166 Å². The zero-order valence-corrected chi connectivity index (χ0v) is 16.3. The minimum Gasteiger partial charge on any atom is -0.463 e. The van der Waals surface area contributed by atoms with Crippen molar-refractivity contribution in [1.82, 2.24) is 0 Å². The van der Waals surface area contributed by atoms with Crippen molar-refractivity contribution in [3.63, 3.8) is 0 Å². The van der Waals surface area contributed by atoms with E-state index >= 15 is 0 Å². The molecule has 12 nitrogen and oxygen atoms in total. The van der Waals surface area contributed by atoms with Crippen molar-refractivity contribution < 1.29 is 58.1 Å². The minimum atomic E-state index is -1.57. The Kier molecular flexibility index (Phi) is 8.31. The molecule has 0 unspecified atom stereocenters. The molecular formula is C17H26O12. The minimum absolute atomic E-state index is 0.110. The van der Waals surface area contributed by atoms with Crippen molar-refractivity contribution in [2.24, 2.45) is 0 Å². The van der Waals surface area contributed by atoms with Crippen LogP contribution in [0.25, 0.3) is 0 Å². The van der Waals surface area contributed by atoms with Gasteiger partial charge in [-0.2, -0.15) is 0 Å². The molecule has 8 atom stereocenters. The van der Waals surface area contributed by atoms with Gasteiger partial charge in [0.1, 0.15) is 37.1 Å². The second-order valence-electron chi connectivity index (χ2n) is 6.75. The van der Waals surface area contributed by atoms with Gasteiger partial charge in [0.2, 0.25) is 0 Å². The van der Waals surface area contributed by atoms with Crippen molar-refractivity contribution in [2.75, 3.05) is 13.2 Å². The summed E-state index contributed by atoms with van der Waals surface area (Å²) in [5.74, 6) is -1.93. The van der Waals surface area contributed by atoms with E-state index in [0.29, 0.717) is 0 Å². The van der Waals surface area contributed by atoms with E-state index in [9.17, 15) is 29.7 Å². The van der Waals surface area contributed by atoms with Crippen LogP contribution in [0, 0.1) is 0 Å². The van der Waals surface area contributed by atoms with Crippen LogP contribution >= 0.6 is 0 Å². The number of aliphatic hydroxyl groups excluding tert-OH is 3. The fraction of sp³-hybridized carbons (Fsp3) is 0.824. The van der Waals surface area contributed by atoms with Gasteiger partial charge in [0.05, 0.1) is 6.61 Å². The third-order valence-corrected chi connectivity index (χ3v) is 4.31. The molecular weight excluding hydrogens is 396 g/mol. The predicted octanol–water partition coefficient (Wildman–Crippen LogP) is -2.02. The number of aliphatic hydroxyl groups is 3. The largest absolute Gasteiger partial charge is 0.463 e. The molecule has 0 saturated carbocycles. The fourth-order valence-electron chi connectivity index (χ4n) is 3.11. The molecule has 166 valence electrons. The van der Waals surface area contributed by atoms with Gasteiger partial charge in [0.15, 0.2) is 18.7 Å². The Hall–Kier alpha value is -1.83. The summed E-state index contributed by atoms with van der Waals surface area (Å²) in [6.45, 7) is 2.89. The molecule has 0 bridgehead atoms. The van der Waals surface area contributed by atoms with Crippen LogP contribution < -0.4 is 0 Å². The van der Waals surface area contributed by atoms with E-state index in [-0.39, 0.29) is 19.6 Å². The first kappa shape index (κ1) is 23.4. The molecule has 0 spiro atoms. The molecule has 12 heteroatoms. The van der Waals surface area contributed by atoms with Crippen LogP contribution in [0.2, 0.25) is 0 Å². The quantitative estimate of drug-likeness (QED) is 0.318. The molecule has 2 saturated heterocycles. The van der Waals surface area contributed by atoms with E-state index in [1.54, 1.807) is 0 Å². The molecule has 2 heterocycles. The van der Waals surface area contributed by atoms with Crippen molar-refractivity contribution >= 4 is 17.9 Å². The maximum Gasteiger partial charge on any atom is 0.303 e. The topological polar surface area (TPSA) is 167 Å². The Bertz CT molecular complexity index is 595. The number of carbonyl (C=O) groups is 3. The molecule has 2 fully saturated rings. The van der Waals surface area contributed by atoms with Gasteiger partial charge in [-0.25, -0.2) is 0 Å². The molecule has 2 aliphatic heterocycles. The van der Waals surface area contributed by atoms with Gasteiger partial charge in [-0.1, -0.05) is 0 Å². The van der Waals surface area contributed by atoms with Crippen LogP contribution in [0.15, 0.2) is 0 Å². The van der Waals surface area contributed by atoms with Crippen LogP contribution in [0.3, 0.4) is 0 Å². The second kappa shape index (κ2) is 10.3. The summed E-state index contributed by atoms with van der Waals surface area (Å²) in [7, 11) is 0. The number of hydrogen-bond acceptors (Lipinski definition) is 12. The lowest BCUT2D eigenvalue weighted by molar-refractivity contribution is -0.322. The Morgan fingerprint density at radius 1 is 0.966 bits per heavy atom. The van der Waals surface area contributed by atoms with Crippen LogP contribution in [0.1, 0.15) is 27.2 Å². The number of ether oxygens (including phenoxy) is 6. The van der Waals surface area contributed by atoms with E-state index < -0.39 is 67.1 Å². The van der Waals surface area contributed by atoms with Crippen LogP contribution in [-0.2, 0) is 42.8 Å². The highest BCUT2D eigenvalue weighted by Gasteiger charge is 2.47.